The fraction of sp³-hybridized carbons (Fsp3) is 0.118. The van der Waals surface area contributed by atoms with Gasteiger partial charge >= 0.3 is 5.69 Å². The van der Waals surface area contributed by atoms with Gasteiger partial charge in [0.05, 0.1) is 17.7 Å². The van der Waals surface area contributed by atoms with Crippen molar-refractivity contribution < 1.29 is 13.2 Å². The molecule has 3 aromatic rings. The third-order valence-corrected chi connectivity index (χ3v) is 5.09. The van der Waals surface area contributed by atoms with E-state index < -0.39 is 10.0 Å². The molecule has 0 atom stereocenters. The lowest BCUT2D eigenvalue weighted by Gasteiger charge is -2.09. The van der Waals surface area contributed by atoms with Crippen molar-refractivity contribution in [1.82, 2.24) is 9.78 Å². The molecule has 0 aliphatic rings. The maximum atomic E-state index is 12.7. The van der Waals surface area contributed by atoms with Crippen LogP contribution in [0.1, 0.15) is 5.69 Å². The highest BCUT2D eigenvalue weighted by Crippen LogP contribution is 2.33. The second-order valence-corrected chi connectivity index (χ2v) is 7.09. The molecule has 0 radical (unpaired) electrons. The Bertz CT molecular complexity index is 1070. The highest BCUT2D eigenvalue weighted by Gasteiger charge is 2.30. The zero-order chi connectivity index (χ0) is 18.7. The van der Waals surface area contributed by atoms with Crippen molar-refractivity contribution in [3.63, 3.8) is 0 Å². The zero-order valence-electron chi connectivity index (χ0n) is 14.1. The van der Waals surface area contributed by atoms with Crippen molar-refractivity contribution in [2.45, 2.75) is 11.8 Å². The van der Waals surface area contributed by atoms with E-state index in [9.17, 15) is 13.8 Å². The Morgan fingerprint density at radius 1 is 1.12 bits per heavy atom. The Labute approximate surface area is 150 Å². The average molecular weight is 370 g/mol. The summed E-state index contributed by atoms with van der Waals surface area (Å²) in [5.74, 6) is 0.690. The Kier molecular flexibility index (Phi) is 4.60. The van der Waals surface area contributed by atoms with Crippen LogP contribution < -0.4 is 9.46 Å². The van der Waals surface area contributed by atoms with Crippen molar-refractivity contribution in [1.29, 1.82) is 5.39 Å². The van der Waals surface area contributed by atoms with Gasteiger partial charge in [0.25, 0.3) is 10.0 Å². The predicted octanol–water partition coefficient (Wildman–Crippen LogP) is 3.47. The van der Waals surface area contributed by atoms with E-state index in [4.69, 9.17) is 4.74 Å². The van der Waals surface area contributed by atoms with Gasteiger partial charge < -0.3 is 4.74 Å². The predicted molar refractivity (Wildman–Crippen MR) is 96.8 cm³/mol. The Morgan fingerprint density at radius 2 is 1.77 bits per heavy atom. The number of aromatic nitrogens is 2. The summed E-state index contributed by atoms with van der Waals surface area (Å²) in [7, 11) is -2.33. The first-order valence-electron chi connectivity index (χ1n) is 7.63. The first-order valence-corrected chi connectivity index (χ1v) is 9.11. The number of aryl methyl sites for hydroxylation is 1. The zero-order valence-corrected chi connectivity index (χ0v) is 14.9. The van der Waals surface area contributed by atoms with E-state index in [0.717, 1.165) is 0 Å². The van der Waals surface area contributed by atoms with Crippen LogP contribution in [0.15, 0.2) is 59.5 Å². The van der Waals surface area contributed by atoms with Crippen LogP contribution in [-0.4, -0.2) is 25.3 Å². The first-order chi connectivity index (χ1) is 12.5. The van der Waals surface area contributed by atoms with Crippen LogP contribution in [0.25, 0.3) is 10.7 Å². The van der Waals surface area contributed by atoms with E-state index in [-0.39, 0.29) is 16.4 Å². The molecule has 132 valence electrons. The highest BCUT2D eigenvalue weighted by atomic mass is 32.2. The van der Waals surface area contributed by atoms with Crippen molar-refractivity contribution in [3.05, 3.63) is 65.3 Å². The molecule has 3 rings (SSSR count). The third-order valence-electron chi connectivity index (χ3n) is 3.73. The van der Waals surface area contributed by atoms with Gasteiger partial charge in [-0.25, -0.2) is 13.1 Å². The number of anilines is 1. The smallest absolute Gasteiger partial charge is 0.450 e. The quantitative estimate of drug-likeness (QED) is 0.693. The van der Waals surface area contributed by atoms with Gasteiger partial charge in [0, 0.05) is 0 Å². The lowest BCUT2D eigenvalue weighted by atomic mass is 10.3. The van der Waals surface area contributed by atoms with E-state index in [1.54, 1.807) is 56.5 Å². The minimum Gasteiger partial charge on any atom is -0.497 e. The summed E-state index contributed by atoms with van der Waals surface area (Å²) < 4.78 is 34.3. The highest BCUT2D eigenvalue weighted by molar-refractivity contribution is 7.92. The lowest BCUT2D eigenvalue weighted by Crippen LogP contribution is -2.16. The summed E-state index contributed by atoms with van der Waals surface area (Å²) in [6.07, 6.45) is 0. The van der Waals surface area contributed by atoms with Gasteiger partial charge in [-0.05, 0) is 43.3 Å². The van der Waals surface area contributed by atoms with Crippen LogP contribution >= 0.6 is 0 Å². The Hall–Kier alpha value is -3.38. The molecule has 26 heavy (non-hydrogen) atoms. The minimum absolute atomic E-state index is 0.0408. The standard InChI is InChI=1S/C17H16N5O3S/c1-12-16(19-18)17(21-26(23,24)15-6-4-3-5-7-15)22(20-12)13-8-10-14(25-2)11-9-13/h3-11,21H,1-2H3/q+1. The molecule has 0 saturated heterocycles. The number of benzene rings is 2. The number of ether oxygens (including phenoxy) is 1. The summed E-state index contributed by atoms with van der Waals surface area (Å²) in [5, 5.41) is 13.6. The number of hydrogen-bond acceptors (Lipinski definition) is 5. The molecule has 1 N–H and O–H groups in total. The van der Waals surface area contributed by atoms with Crippen molar-refractivity contribution in [2.75, 3.05) is 11.8 Å². The number of hydrogen-bond donors (Lipinski definition) is 1. The van der Waals surface area contributed by atoms with E-state index in [2.05, 4.69) is 14.8 Å². The molecule has 0 bridgehead atoms. The largest absolute Gasteiger partial charge is 0.497 e. The van der Waals surface area contributed by atoms with Crippen LogP contribution in [0.2, 0.25) is 0 Å². The molecule has 2 aromatic carbocycles. The summed E-state index contributed by atoms with van der Waals surface area (Å²) in [6.45, 7) is 1.62. The lowest BCUT2D eigenvalue weighted by molar-refractivity contribution is 0.414. The normalized spacial score (nSPS) is 11.0. The number of nitrogens with one attached hydrogen (secondary N) is 1. The molecular weight excluding hydrogens is 354 g/mol. The molecule has 0 fully saturated rings. The van der Waals surface area contributed by atoms with Gasteiger partial charge in [0.1, 0.15) is 5.75 Å². The number of nitrogens with zero attached hydrogens (tertiary/aromatic N) is 4. The third kappa shape index (κ3) is 3.22. The molecule has 9 heteroatoms. The average Bonchev–Trinajstić information content (AvgIpc) is 2.97. The minimum atomic E-state index is -3.88. The van der Waals surface area contributed by atoms with Crippen molar-refractivity contribution >= 4 is 21.5 Å². The number of rotatable bonds is 5. The molecule has 1 heterocycles. The van der Waals surface area contributed by atoms with Crippen LogP contribution in [0, 0.1) is 12.3 Å². The van der Waals surface area contributed by atoms with Gasteiger partial charge in [-0.15, -0.1) is 0 Å². The molecule has 0 saturated carbocycles. The van der Waals surface area contributed by atoms with Crippen molar-refractivity contribution in [3.8, 4) is 11.4 Å². The van der Waals surface area contributed by atoms with Gasteiger partial charge in [0.15, 0.2) is 10.7 Å². The summed E-state index contributed by atoms with van der Waals surface area (Å²) in [5.41, 5.74) is 0.990. The van der Waals surface area contributed by atoms with Crippen LogP contribution in [0.5, 0.6) is 5.75 Å². The number of diazo groups is 1. The molecule has 0 unspecified atom stereocenters. The van der Waals surface area contributed by atoms with Gasteiger partial charge in [-0.1, -0.05) is 18.2 Å². The Morgan fingerprint density at radius 3 is 2.35 bits per heavy atom. The van der Waals surface area contributed by atoms with Gasteiger partial charge in [0.2, 0.25) is 11.2 Å². The molecule has 0 amide bonds. The maximum absolute atomic E-state index is 12.7. The molecule has 0 aliphatic carbocycles. The first kappa shape index (κ1) is 17.4. The second kappa shape index (κ2) is 6.85. The number of methoxy groups -OCH3 is 1. The second-order valence-electron chi connectivity index (χ2n) is 5.41. The van der Waals surface area contributed by atoms with Crippen LogP contribution in [0.3, 0.4) is 0 Å². The van der Waals surface area contributed by atoms with Gasteiger partial charge in [-0.3, -0.25) is 4.72 Å². The van der Waals surface area contributed by atoms with Crippen molar-refractivity contribution in [2.24, 2.45) is 0 Å². The SMILES string of the molecule is COc1ccc(-n2nc(C)c([N+]#N)c2NS(=O)(=O)c2ccccc2)cc1. The maximum Gasteiger partial charge on any atom is 0.450 e. The Balaban J connectivity index is 2.10. The molecular formula is C17H16N5O3S+. The topological polar surface area (TPSA) is 101 Å². The van der Waals surface area contributed by atoms with E-state index in [0.29, 0.717) is 17.1 Å². The van der Waals surface area contributed by atoms with Crippen LogP contribution in [-0.2, 0) is 10.0 Å². The van der Waals surface area contributed by atoms with E-state index in [1.807, 2.05) is 0 Å². The summed E-state index contributed by atoms with van der Waals surface area (Å²) in [4.78, 5) is 3.28. The van der Waals surface area contributed by atoms with Crippen LogP contribution in [0.4, 0.5) is 11.5 Å². The fourth-order valence-electron chi connectivity index (χ4n) is 2.43. The number of sulfonamides is 1. The fourth-order valence-corrected chi connectivity index (χ4v) is 3.50. The summed E-state index contributed by atoms with van der Waals surface area (Å²) >= 11 is 0. The molecule has 0 spiro atoms. The monoisotopic (exact) mass is 370 g/mol. The van der Waals surface area contributed by atoms with E-state index in [1.165, 1.54) is 16.8 Å². The molecule has 0 aliphatic heterocycles. The molecule has 1 aromatic heterocycles. The van der Waals surface area contributed by atoms with Gasteiger partial charge in [-0.2, -0.15) is 5.10 Å². The van der Waals surface area contributed by atoms with E-state index >= 15 is 0 Å². The summed E-state index contributed by atoms with van der Waals surface area (Å²) in [6, 6.07) is 14.8. The molecule has 8 nitrogen and oxygen atoms in total.